The highest BCUT2D eigenvalue weighted by Gasteiger charge is 2.33. The topological polar surface area (TPSA) is 97.0 Å². The molecule has 0 fully saturated rings. The minimum absolute atomic E-state index is 0.275. The number of nitrogen functional groups attached to an aromatic ring is 1. The average molecular weight is 358 g/mol. The zero-order valence-electron chi connectivity index (χ0n) is 14.6. The summed E-state index contributed by atoms with van der Waals surface area (Å²) in [6.07, 6.45) is 4.88. The van der Waals surface area contributed by atoms with Crippen molar-refractivity contribution in [3.8, 4) is 0 Å². The first-order chi connectivity index (χ1) is 13.1. The van der Waals surface area contributed by atoms with E-state index in [1.165, 1.54) is 12.4 Å². The Hall–Kier alpha value is -3.74. The number of anilines is 3. The fourth-order valence-corrected chi connectivity index (χ4v) is 3.28. The summed E-state index contributed by atoms with van der Waals surface area (Å²) in [7, 11) is 0. The van der Waals surface area contributed by atoms with Gasteiger partial charge in [0.1, 0.15) is 12.0 Å². The van der Waals surface area contributed by atoms with Crippen molar-refractivity contribution in [1.82, 2.24) is 20.3 Å². The first kappa shape index (κ1) is 16.7. The Bertz CT molecular complexity index is 1080. The van der Waals surface area contributed by atoms with E-state index in [9.17, 15) is 4.79 Å². The van der Waals surface area contributed by atoms with Crippen molar-refractivity contribution in [2.45, 2.75) is 12.5 Å². The minimum atomic E-state index is -0.344. The first-order valence-electron chi connectivity index (χ1n) is 8.44. The Labute approximate surface area is 156 Å². The summed E-state index contributed by atoms with van der Waals surface area (Å²) < 4.78 is 0. The van der Waals surface area contributed by atoms with Gasteiger partial charge in [-0.25, -0.2) is 9.97 Å². The van der Waals surface area contributed by atoms with Crippen LogP contribution in [0.15, 0.2) is 67.8 Å². The molecule has 3 N–H and O–H groups in total. The van der Waals surface area contributed by atoms with Crippen LogP contribution in [0.3, 0.4) is 0 Å². The van der Waals surface area contributed by atoms with Crippen molar-refractivity contribution in [3.63, 3.8) is 0 Å². The van der Waals surface area contributed by atoms with E-state index >= 15 is 0 Å². The van der Waals surface area contributed by atoms with Crippen molar-refractivity contribution in [2.75, 3.05) is 10.6 Å². The summed E-state index contributed by atoms with van der Waals surface area (Å²) >= 11 is 0. The lowest BCUT2D eigenvalue weighted by Gasteiger charge is -2.37. The highest BCUT2D eigenvalue weighted by atomic mass is 16.1. The van der Waals surface area contributed by atoms with Gasteiger partial charge in [-0.1, -0.05) is 31.4 Å². The van der Waals surface area contributed by atoms with E-state index in [2.05, 4.69) is 33.4 Å². The fraction of sp³-hybridized carbons (Fsp3) is 0.100. The van der Waals surface area contributed by atoms with Crippen molar-refractivity contribution in [1.29, 1.82) is 0 Å². The molecule has 0 aliphatic carbocycles. The van der Waals surface area contributed by atoms with Crippen molar-refractivity contribution < 1.29 is 4.79 Å². The number of benzene rings is 1. The Morgan fingerprint density at radius 1 is 1.30 bits per heavy atom. The van der Waals surface area contributed by atoms with Gasteiger partial charge in [-0.2, -0.15) is 0 Å². The second-order valence-electron chi connectivity index (χ2n) is 6.24. The Balaban J connectivity index is 1.86. The SMILES string of the molecule is C=CC(=O)N[C@H]1Cc2ncnc(N)c2N(c2cnc3ccccc3c2)C1=C. The molecule has 7 heteroatoms. The maximum Gasteiger partial charge on any atom is 0.243 e. The molecule has 2 aromatic heterocycles. The molecule has 1 aliphatic rings. The molecule has 0 spiro atoms. The van der Waals surface area contributed by atoms with Crippen LogP contribution < -0.4 is 16.0 Å². The summed E-state index contributed by atoms with van der Waals surface area (Å²) in [4.78, 5) is 26.7. The number of amides is 1. The largest absolute Gasteiger partial charge is 0.382 e. The molecule has 0 radical (unpaired) electrons. The van der Waals surface area contributed by atoms with Gasteiger partial charge in [0.15, 0.2) is 5.82 Å². The lowest BCUT2D eigenvalue weighted by molar-refractivity contribution is -0.116. The van der Waals surface area contributed by atoms with Gasteiger partial charge in [-0.15, -0.1) is 0 Å². The van der Waals surface area contributed by atoms with E-state index in [4.69, 9.17) is 5.73 Å². The van der Waals surface area contributed by atoms with E-state index in [0.29, 0.717) is 23.6 Å². The van der Waals surface area contributed by atoms with Crippen LogP contribution >= 0.6 is 0 Å². The molecule has 1 aliphatic heterocycles. The van der Waals surface area contributed by atoms with E-state index in [0.717, 1.165) is 22.3 Å². The monoisotopic (exact) mass is 358 g/mol. The Kier molecular flexibility index (Phi) is 4.04. The van der Waals surface area contributed by atoms with Gasteiger partial charge in [0.05, 0.1) is 29.1 Å². The standard InChI is InChI=1S/C20H18N6O/c1-3-18(27)25-16-9-17-19(20(21)24-11-23-17)26(12(16)2)14-8-13-6-4-5-7-15(13)22-10-14/h3-8,10-11,16H,1-2,9H2,(H,25,27)(H2,21,23,24)/t16-/m0/s1. The lowest BCUT2D eigenvalue weighted by Crippen LogP contribution is -2.44. The van der Waals surface area contributed by atoms with Crippen LogP contribution in [-0.4, -0.2) is 26.9 Å². The first-order valence-corrected chi connectivity index (χ1v) is 8.44. The molecule has 0 bridgehead atoms. The predicted molar refractivity (Wildman–Crippen MR) is 105 cm³/mol. The number of carbonyl (C=O) groups is 1. The number of para-hydroxylation sites is 1. The summed E-state index contributed by atoms with van der Waals surface area (Å²) in [5.41, 5.74) is 9.89. The van der Waals surface area contributed by atoms with Crippen LogP contribution in [0.25, 0.3) is 10.9 Å². The number of nitrogens with zero attached hydrogens (tertiary/aromatic N) is 4. The lowest BCUT2D eigenvalue weighted by atomic mass is 9.98. The van der Waals surface area contributed by atoms with Crippen molar-refractivity contribution >= 4 is 34.0 Å². The number of aromatic nitrogens is 3. The van der Waals surface area contributed by atoms with Gasteiger partial charge in [-0.3, -0.25) is 9.78 Å². The van der Waals surface area contributed by atoms with E-state index < -0.39 is 0 Å². The number of nitrogens with one attached hydrogen (secondary N) is 1. The third-order valence-corrected chi connectivity index (χ3v) is 4.57. The van der Waals surface area contributed by atoms with Gasteiger partial charge < -0.3 is 16.0 Å². The smallest absolute Gasteiger partial charge is 0.243 e. The third kappa shape index (κ3) is 2.89. The summed E-state index contributed by atoms with van der Waals surface area (Å²) in [5.74, 6) is 0.0750. The number of carbonyl (C=O) groups excluding carboxylic acids is 1. The highest BCUT2D eigenvalue weighted by Crippen LogP contribution is 2.40. The van der Waals surface area contributed by atoms with Gasteiger partial charge in [0.2, 0.25) is 5.91 Å². The van der Waals surface area contributed by atoms with Gasteiger partial charge >= 0.3 is 0 Å². The molecule has 1 aromatic carbocycles. The zero-order chi connectivity index (χ0) is 19.0. The Morgan fingerprint density at radius 3 is 2.93 bits per heavy atom. The number of pyridine rings is 1. The predicted octanol–water partition coefficient (Wildman–Crippen LogP) is 2.49. The van der Waals surface area contributed by atoms with Gasteiger partial charge in [0, 0.05) is 17.5 Å². The highest BCUT2D eigenvalue weighted by molar-refractivity contribution is 5.89. The molecule has 3 aromatic rings. The summed E-state index contributed by atoms with van der Waals surface area (Å²) in [5, 5.41) is 3.88. The van der Waals surface area contributed by atoms with Crippen LogP contribution in [-0.2, 0) is 11.2 Å². The number of nitrogens with two attached hydrogens (primary N) is 1. The third-order valence-electron chi connectivity index (χ3n) is 4.57. The zero-order valence-corrected chi connectivity index (χ0v) is 14.6. The molecular formula is C20H18N6O. The molecule has 27 heavy (non-hydrogen) atoms. The molecule has 7 nitrogen and oxygen atoms in total. The van der Waals surface area contributed by atoms with E-state index in [1.807, 2.05) is 35.2 Å². The van der Waals surface area contributed by atoms with Crippen LogP contribution in [0.5, 0.6) is 0 Å². The molecule has 0 saturated carbocycles. The minimum Gasteiger partial charge on any atom is -0.382 e. The second-order valence-corrected chi connectivity index (χ2v) is 6.24. The number of rotatable bonds is 3. The normalized spacial score (nSPS) is 16.1. The Morgan fingerprint density at radius 2 is 2.11 bits per heavy atom. The number of hydrogen-bond acceptors (Lipinski definition) is 6. The maximum absolute atomic E-state index is 11.9. The van der Waals surface area contributed by atoms with Crippen LogP contribution in [0.4, 0.5) is 17.2 Å². The van der Waals surface area contributed by atoms with E-state index in [-0.39, 0.29) is 11.9 Å². The van der Waals surface area contributed by atoms with Crippen molar-refractivity contribution in [2.24, 2.45) is 0 Å². The molecule has 0 saturated heterocycles. The maximum atomic E-state index is 11.9. The van der Waals surface area contributed by atoms with Crippen LogP contribution in [0.1, 0.15) is 5.69 Å². The average Bonchev–Trinajstić information content (AvgIpc) is 2.69. The number of fused-ring (bicyclic) bond motifs is 2. The quantitative estimate of drug-likeness (QED) is 0.698. The van der Waals surface area contributed by atoms with Gasteiger partial charge in [-0.05, 0) is 18.2 Å². The van der Waals surface area contributed by atoms with Crippen LogP contribution in [0.2, 0.25) is 0 Å². The molecular weight excluding hydrogens is 340 g/mol. The fourth-order valence-electron chi connectivity index (χ4n) is 3.28. The summed E-state index contributed by atoms with van der Waals surface area (Å²) in [6, 6.07) is 9.49. The molecule has 0 unspecified atom stereocenters. The molecule has 3 heterocycles. The van der Waals surface area contributed by atoms with E-state index in [1.54, 1.807) is 6.20 Å². The summed E-state index contributed by atoms with van der Waals surface area (Å²) in [6.45, 7) is 7.71. The molecule has 134 valence electrons. The second kappa shape index (κ2) is 6.53. The number of hydrogen-bond donors (Lipinski definition) is 2. The molecule has 1 amide bonds. The molecule has 4 rings (SSSR count). The van der Waals surface area contributed by atoms with Gasteiger partial charge in [0.25, 0.3) is 0 Å². The molecule has 1 atom stereocenters. The van der Waals surface area contributed by atoms with Crippen LogP contribution in [0, 0.1) is 0 Å². The van der Waals surface area contributed by atoms with Crippen molar-refractivity contribution in [3.05, 3.63) is 73.5 Å².